The third-order valence-electron chi connectivity index (χ3n) is 3.94. The molecule has 4 N–H and O–H groups in total. The molecule has 112 valence electrons. The number of carbonyl (C=O) groups excluding carboxylic acids is 1. The van der Waals surface area contributed by atoms with E-state index in [2.05, 4.69) is 10.6 Å². The highest BCUT2D eigenvalue weighted by atomic mass is 16.4. The Bertz CT molecular complexity index is 392. The number of urea groups is 1. The molecule has 2 saturated carbocycles. The predicted octanol–water partition coefficient (Wildman–Crippen LogP) is 0.650. The smallest absolute Gasteiger partial charge is 0.326 e. The van der Waals surface area contributed by atoms with Gasteiger partial charge in [-0.25, -0.2) is 9.59 Å². The first kappa shape index (κ1) is 14.6. The van der Waals surface area contributed by atoms with Crippen molar-refractivity contribution in [2.45, 2.75) is 38.1 Å². The van der Waals surface area contributed by atoms with Gasteiger partial charge < -0.3 is 20.8 Å². The highest BCUT2D eigenvalue weighted by Gasteiger charge is 2.41. The molecular weight excluding hydrogens is 264 g/mol. The quantitative estimate of drug-likeness (QED) is 0.522. The highest BCUT2D eigenvalue weighted by molar-refractivity contribution is 5.86. The lowest BCUT2D eigenvalue weighted by Gasteiger charge is -2.18. The summed E-state index contributed by atoms with van der Waals surface area (Å²) in [6, 6.07) is -2.00. The fourth-order valence-electron chi connectivity index (χ4n) is 2.56. The average Bonchev–Trinajstić information content (AvgIpc) is 3.22. The predicted molar refractivity (Wildman–Crippen MR) is 69.1 cm³/mol. The van der Waals surface area contributed by atoms with E-state index in [-0.39, 0.29) is 0 Å². The number of hydrogen-bond donors (Lipinski definition) is 4. The molecule has 2 fully saturated rings. The molecule has 0 aromatic carbocycles. The minimum atomic E-state index is -1.40. The summed E-state index contributed by atoms with van der Waals surface area (Å²) in [4.78, 5) is 33.0. The molecule has 2 aliphatic rings. The Labute approximate surface area is 116 Å². The number of amides is 2. The van der Waals surface area contributed by atoms with E-state index in [1.165, 1.54) is 25.7 Å². The second kappa shape index (κ2) is 6.11. The number of aliphatic carboxylic acids is 2. The van der Waals surface area contributed by atoms with E-state index in [4.69, 9.17) is 10.2 Å². The van der Waals surface area contributed by atoms with Gasteiger partial charge in [0, 0.05) is 6.54 Å². The third kappa shape index (κ3) is 4.40. The summed E-state index contributed by atoms with van der Waals surface area (Å²) >= 11 is 0. The molecular formula is C13H20N2O5. The Morgan fingerprint density at radius 1 is 1.05 bits per heavy atom. The van der Waals surface area contributed by atoms with Crippen LogP contribution in [0.25, 0.3) is 0 Å². The van der Waals surface area contributed by atoms with E-state index in [9.17, 15) is 14.4 Å². The minimum Gasteiger partial charge on any atom is -0.481 e. The molecule has 0 spiro atoms. The van der Waals surface area contributed by atoms with Gasteiger partial charge in [0.15, 0.2) is 0 Å². The maximum atomic E-state index is 11.7. The van der Waals surface area contributed by atoms with Crippen molar-refractivity contribution in [2.75, 3.05) is 6.54 Å². The molecule has 0 heterocycles. The number of carboxylic acids is 2. The maximum absolute atomic E-state index is 11.7. The zero-order chi connectivity index (χ0) is 14.7. The molecule has 0 saturated heterocycles. The molecule has 0 aromatic rings. The van der Waals surface area contributed by atoms with Crippen LogP contribution in [0.4, 0.5) is 4.79 Å². The summed E-state index contributed by atoms with van der Waals surface area (Å²) in [5.41, 5.74) is 0. The topological polar surface area (TPSA) is 116 Å². The SMILES string of the molecule is O=C(O)C[C@H](NC(=O)NCC(C1CC1)C1CC1)C(=O)O. The van der Waals surface area contributed by atoms with E-state index < -0.39 is 30.4 Å². The lowest BCUT2D eigenvalue weighted by atomic mass is 9.98. The van der Waals surface area contributed by atoms with Crippen molar-refractivity contribution >= 4 is 18.0 Å². The summed E-state index contributed by atoms with van der Waals surface area (Å²) in [6.45, 7) is 0.542. The van der Waals surface area contributed by atoms with Crippen LogP contribution in [0, 0.1) is 17.8 Å². The zero-order valence-corrected chi connectivity index (χ0v) is 11.2. The van der Waals surface area contributed by atoms with Gasteiger partial charge in [0.25, 0.3) is 0 Å². The largest absolute Gasteiger partial charge is 0.481 e. The summed E-state index contributed by atoms with van der Waals surface area (Å²) in [6.07, 6.45) is 4.21. The number of nitrogens with one attached hydrogen (secondary N) is 2. The van der Waals surface area contributed by atoms with Gasteiger partial charge in [-0.1, -0.05) is 0 Å². The van der Waals surface area contributed by atoms with Crippen LogP contribution in [0.1, 0.15) is 32.1 Å². The van der Waals surface area contributed by atoms with Crippen LogP contribution in [0.5, 0.6) is 0 Å². The fourth-order valence-corrected chi connectivity index (χ4v) is 2.56. The van der Waals surface area contributed by atoms with Crippen molar-refractivity contribution in [3.8, 4) is 0 Å². The van der Waals surface area contributed by atoms with Crippen LogP contribution in [0.15, 0.2) is 0 Å². The van der Waals surface area contributed by atoms with Crippen molar-refractivity contribution in [1.29, 1.82) is 0 Å². The Balaban J connectivity index is 1.75. The Morgan fingerprint density at radius 2 is 1.60 bits per heavy atom. The zero-order valence-electron chi connectivity index (χ0n) is 11.2. The van der Waals surface area contributed by atoms with Crippen molar-refractivity contribution < 1.29 is 24.6 Å². The van der Waals surface area contributed by atoms with Crippen LogP contribution < -0.4 is 10.6 Å². The standard InChI is InChI=1S/C13H20N2O5/c16-11(17)5-10(12(18)19)15-13(20)14-6-9(7-1-2-7)8-3-4-8/h7-10H,1-6H2,(H,16,17)(H,18,19)(H2,14,15,20)/t10-/m0/s1. The van der Waals surface area contributed by atoms with Crippen molar-refractivity contribution in [1.82, 2.24) is 10.6 Å². The Hall–Kier alpha value is -1.79. The van der Waals surface area contributed by atoms with Crippen molar-refractivity contribution in [3.05, 3.63) is 0 Å². The third-order valence-corrected chi connectivity index (χ3v) is 3.94. The van der Waals surface area contributed by atoms with Crippen LogP contribution in [0.3, 0.4) is 0 Å². The van der Waals surface area contributed by atoms with Crippen molar-refractivity contribution in [3.63, 3.8) is 0 Å². The van der Waals surface area contributed by atoms with E-state index in [1.807, 2.05) is 0 Å². The Morgan fingerprint density at radius 3 is 2.00 bits per heavy atom. The molecule has 7 heteroatoms. The van der Waals surface area contributed by atoms with Gasteiger partial charge >= 0.3 is 18.0 Å². The molecule has 0 unspecified atom stereocenters. The van der Waals surface area contributed by atoms with Gasteiger partial charge in [-0.3, -0.25) is 4.79 Å². The molecule has 1 atom stereocenters. The van der Waals surface area contributed by atoms with Crippen LogP contribution in [-0.2, 0) is 9.59 Å². The number of rotatable bonds is 8. The molecule has 2 rings (SSSR count). The average molecular weight is 284 g/mol. The molecule has 0 aromatic heterocycles. The first-order chi connectivity index (χ1) is 9.47. The van der Waals surface area contributed by atoms with E-state index in [0.717, 1.165) is 0 Å². The van der Waals surface area contributed by atoms with Gasteiger partial charge in [0.1, 0.15) is 6.04 Å². The van der Waals surface area contributed by atoms with Crippen LogP contribution >= 0.6 is 0 Å². The second-order valence-corrected chi connectivity index (χ2v) is 5.68. The van der Waals surface area contributed by atoms with Crippen LogP contribution in [0.2, 0.25) is 0 Å². The minimum absolute atomic E-state index is 0.489. The van der Waals surface area contributed by atoms with Gasteiger partial charge in [-0.15, -0.1) is 0 Å². The molecule has 2 amide bonds. The Kier molecular flexibility index (Phi) is 4.46. The van der Waals surface area contributed by atoms with Crippen LogP contribution in [-0.4, -0.2) is 40.8 Å². The van der Waals surface area contributed by atoms with E-state index >= 15 is 0 Å². The van der Waals surface area contributed by atoms with E-state index in [0.29, 0.717) is 24.3 Å². The lowest BCUT2D eigenvalue weighted by Crippen LogP contribution is -2.48. The molecule has 20 heavy (non-hydrogen) atoms. The second-order valence-electron chi connectivity index (χ2n) is 5.68. The molecule has 0 bridgehead atoms. The highest BCUT2D eigenvalue weighted by Crippen LogP contribution is 2.48. The number of carbonyl (C=O) groups is 3. The van der Waals surface area contributed by atoms with Gasteiger partial charge in [-0.05, 0) is 43.4 Å². The number of carboxylic acid groups (broad SMARTS) is 2. The summed E-state index contributed by atoms with van der Waals surface area (Å²) in [7, 11) is 0. The fraction of sp³-hybridized carbons (Fsp3) is 0.769. The molecule has 7 nitrogen and oxygen atoms in total. The monoisotopic (exact) mass is 284 g/mol. The van der Waals surface area contributed by atoms with Gasteiger partial charge in [0.2, 0.25) is 0 Å². The lowest BCUT2D eigenvalue weighted by molar-refractivity contribution is -0.145. The van der Waals surface area contributed by atoms with E-state index in [1.54, 1.807) is 0 Å². The summed E-state index contributed by atoms with van der Waals surface area (Å²) in [5, 5.41) is 22.3. The maximum Gasteiger partial charge on any atom is 0.326 e. The van der Waals surface area contributed by atoms with Gasteiger partial charge in [0.05, 0.1) is 6.42 Å². The van der Waals surface area contributed by atoms with Crippen molar-refractivity contribution in [2.24, 2.45) is 17.8 Å². The van der Waals surface area contributed by atoms with Gasteiger partial charge in [-0.2, -0.15) is 0 Å². The number of hydrogen-bond acceptors (Lipinski definition) is 3. The summed E-state index contributed by atoms with van der Waals surface area (Å²) in [5.74, 6) is -0.729. The normalized spacial score (nSPS) is 19.4. The first-order valence-electron chi connectivity index (χ1n) is 6.96. The summed E-state index contributed by atoms with van der Waals surface area (Å²) < 4.78 is 0. The first-order valence-corrected chi connectivity index (χ1v) is 6.96. The molecule has 0 radical (unpaired) electrons. The molecule has 2 aliphatic carbocycles. The molecule has 0 aliphatic heterocycles.